The Labute approximate surface area is 160 Å². The van der Waals surface area contributed by atoms with Crippen molar-refractivity contribution >= 4 is 23.2 Å². The number of hydrazine groups is 1. The second-order valence-corrected chi connectivity index (χ2v) is 6.36. The molecule has 1 heterocycles. The number of alkyl halides is 3. The Morgan fingerprint density at radius 3 is 2.39 bits per heavy atom. The van der Waals surface area contributed by atoms with Crippen molar-refractivity contribution in [3.05, 3.63) is 76.5 Å². The number of carbonyl (C=O) groups excluding carboxylic acids is 2. The molecule has 3 aromatic rings. The largest absolute Gasteiger partial charge is 0.416 e. The first-order valence-corrected chi connectivity index (χ1v) is 8.62. The number of benzene rings is 2. The third-order valence-corrected chi connectivity index (χ3v) is 4.47. The second-order valence-electron chi connectivity index (χ2n) is 5.50. The first-order chi connectivity index (χ1) is 13.3. The van der Waals surface area contributed by atoms with Gasteiger partial charge in [0.1, 0.15) is 16.5 Å². The molecule has 0 fully saturated rings. The number of halogens is 4. The molecule has 0 unspecified atom stereocenters. The summed E-state index contributed by atoms with van der Waals surface area (Å²) in [4.78, 5) is 27.9. The second kappa shape index (κ2) is 7.77. The number of hydrogen-bond donors (Lipinski definition) is 2. The van der Waals surface area contributed by atoms with Gasteiger partial charge in [0.05, 0.1) is 11.1 Å². The molecule has 0 bridgehead atoms. The molecule has 0 spiro atoms. The summed E-state index contributed by atoms with van der Waals surface area (Å²) in [6.45, 7) is 0. The summed E-state index contributed by atoms with van der Waals surface area (Å²) in [5.41, 5.74) is 3.15. The van der Waals surface area contributed by atoms with Crippen LogP contribution in [0.1, 0.15) is 26.4 Å². The number of aromatic nitrogens is 1. The van der Waals surface area contributed by atoms with Gasteiger partial charge in [-0.1, -0.05) is 24.3 Å². The SMILES string of the molecule is O=C(NNC(=O)c1ccccc1F)c1csc(-c2cccc(C(F)(F)F)c2)n1. The Kier molecular flexibility index (Phi) is 5.41. The zero-order chi connectivity index (χ0) is 20.3. The van der Waals surface area contributed by atoms with Gasteiger partial charge in [-0.25, -0.2) is 9.37 Å². The molecule has 0 aliphatic rings. The highest BCUT2D eigenvalue weighted by Gasteiger charge is 2.30. The predicted octanol–water partition coefficient (Wildman–Crippen LogP) is 4.04. The molecule has 10 heteroatoms. The van der Waals surface area contributed by atoms with Crippen molar-refractivity contribution in [2.24, 2.45) is 0 Å². The van der Waals surface area contributed by atoms with Crippen LogP contribution in [0.3, 0.4) is 0 Å². The lowest BCUT2D eigenvalue weighted by Gasteiger charge is -2.07. The lowest BCUT2D eigenvalue weighted by atomic mass is 10.1. The first kappa shape index (κ1) is 19.5. The Bertz CT molecular complexity index is 1030. The van der Waals surface area contributed by atoms with Gasteiger partial charge in [-0.05, 0) is 24.3 Å². The van der Waals surface area contributed by atoms with Crippen molar-refractivity contribution in [3.63, 3.8) is 0 Å². The van der Waals surface area contributed by atoms with Crippen molar-refractivity contribution in [1.82, 2.24) is 15.8 Å². The minimum Gasteiger partial charge on any atom is -0.267 e. The maximum Gasteiger partial charge on any atom is 0.416 e. The fraction of sp³-hybridized carbons (Fsp3) is 0.0556. The van der Waals surface area contributed by atoms with Crippen LogP contribution in [0.25, 0.3) is 10.6 Å². The van der Waals surface area contributed by atoms with E-state index in [4.69, 9.17) is 0 Å². The molecule has 28 heavy (non-hydrogen) atoms. The van der Waals surface area contributed by atoms with Crippen molar-refractivity contribution in [1.29, 1.82) is 0 Å². The Hall–Kier alpha value is -3.27. The number of hydrogen-bond acceptors (Lipinski definition) is 4. The third kappa shape index (κ3) is 4.34. The smallest absolute Gasteiger partial charge is 0.267 e. The van der Waals surface area contributed by atoms with Gasteiger partial charge in [-0.15, -0.1) is 11.3 Å². The van der Waals surface area contributed by atoms with Crippen LogP contribution in [-0.4, -0.2) is 16.8 Å². The molecular weight excluding hydrogens is 398 g/mol. The van der Waals surface area contributed by atoms with Crippen molar-refractivity contribution in [3.8, 4) is 10.6 Å². The van der Waals surface area contributed by atoms with Crippen molar-refractivity contribution in [2.75, 3.05) is 0 Å². The van der Waals surface area contributed by atoms with Crippen LogP contribution in [0.4, 0.5) is 17.6 Å². The molecule has 0 saturated carbocycles. The van der Waals surface area contributed by atoms with E-state index in [0.717, 1.165) is 29.5 Å². The predicted molar refractivity (Wildman–Crippen MR) is 93.9 cm³/mol. The van der Waals surface area contributed by atoms with E-state index in [1.807, 2.05) is 0 Å². The third-order valence-electron chi connectivity index (χ3n) is 3.58. The standard InChI is InChI=1S/C18H11F4N3O2S/c19-13-7-2-1-6-12(13)15(26)24-25-16(27)14-9-28-17(23-14)10-4-3-5-11(8-10)18(20,21)22/h1-9H,(H,24,26)(H,25,27). The Morgan fingerprint density at radius 2 is 1.68 bits per heavy atom. The number of nitrogens with one attached hydrogen (secondary N) is 2. The molecule has 0 atom stereocenters. The fourth-order valence-electron chi connectivity index (χ4n) is 2.23. The summed E-state index contributed by atoms with van der Waals surface area (Å²) in [5, 5.41) is 1.54. The molecule has 2 amide bonds. The van der Waals surface area contributed by atoms with Gasteiger partial charge in [-0.2, -0.15) is 13.2 Å². The Morgan fingerprint density at radius 1 is 0.964 bits per heavy atom. The van der Waals surface area contributed by atoms with Gasteiger partial charge in [-0.3, -0.25) is 20.4 Å². The summed E-state index contributed by atoms with van der Waals surface area (Å²) in [5.74, 6) is -2.41. The number of nitrogens with zero attached hydrogens (tertiary/aromatic N) is 1. The number of amides is 2. The number of thiazole rings is 1. The van der Waals surface area contributed by atoms with E-state index in [9.17, 15) is 27.2 Å². The lowest BCUT2D eigenvalue weighted by molar-refractivity contribution is -0.137. The quantitative estimate of drug-likeness (QED) is 0.507. The average molecular weight is 409 g/mol. The van der Waals surface area contributed by atoms with Gasteiger partial charge >= 0.3 is 6.18 Å². The fourth-order valence-corrected chi connectivity index (χ4v) is 3.03. The van der Waals surface area contributed by atoms with Crippen LogP contribution in [0.2, 0.25) is 0 Å². The topological polar surface area (TPSA) is 71.1 Å². The molecule has 2 aromatic carbocycles. The van der Waals surface area contributed by atoms with Gasteiger partial charge in [0, 0.05) is 10.9 Å². The van der Waals surface area contributed by atoms with E-state index in [1.165, 1.54) is 35.7 Å². The number of rotatable bonds is 3. The molecule has 144 valence electrons. The molecule has 1 aromatic heterocycles. The lowest BCUT2D eigenvalue weighted by Crippen LogP contribution is -2.42. The van der Waals surface area contributed by atoms with Gasteiger partial charge in [0.25, 0.3) is 11.8 Å². The van der Waals surface area contributed by atoms with E-state index < -0.39 is 29.4 Å². The molecule has 0 aliphatic carbocycles. The highest BCUT2D eigenvalue weighted by molar-refractivity contribution is 7.13. The van der Waals surface area contributed by atoms with E-state index in [1.54, 1.807) is 0 Å². The van der Waals surface area contributed by atoms with Gasteiger partial charge < -0.3 is 0 Å². The van der Waals surface area contributed by atoms with Crippen LogP contribution in [0.15, 0.2) is 53.9 Å². The maximum atomic E-state index is 13.5. The van der Waals surface area contributed by atoms with Crippen LogP contribution in [0, 0.1) is 5.82 Å². The van der Waals surface area contributed by atoms with Crippen LogP contribution >= 0.6 is 11.3 Å². The molecule has 2 N–H and O–H groups in total. The highest BCUT2D eigenvalue weighted by atomic mass is 32.1. The average Bonchev–Trinajstić information content (AvgIpc) is 3.16. The minimum atomic E-state index is -4.50. The van der Waals surface area contributed by atoms with Gasteiger partial charge in [0.15, 0.2) is 0 Å². The zero-order valence-corrected chi connectivity index (χ0v) is 14.7. The first-order valence-electron chi connectivity index (χ1n) is 7.74. The summed E-state index contributed by atoms with van der Waals surface area (Å²) in [6, 6.07) is 9.76. The summed E-state index contributed by atoms with van der Waals surface area (Å²) < 4.78 is 52.0. The highest BCUT2D eigenvalue weighted by Crippen LogP contribution is 2.33. The Balaban J connectivity index is 1.69. The molecule has 0 saturated heterocycles. The number of carbonyl (C=O) groups is 2. The van der Waals surface area contributed by atoms with Gasteiger partial charge in [0.2, 0.25) is 0 Å². The van der Waals surface area contributed by atoms with Crippen LogP contribution < -0.4 is 10.9 Å². The molecule has 0 aliphatic heterocycles. The van der Waals surface area contributed by atoms with Crippen LogP contribution in [0.5, 0.6) is 0 Å². The molecule has 5 nitrogen and oxygen atoms in total. The molecular formula is C18H11F4N3O2S. The minimum absolute atomic E-state index is 0.105. The summed E-state index contributed by atoms with van der Waals surface area (Å²) >= 11 is 0.971. The van der Waals surface area contributed by atoms with Crippen molar-refractivity contribution in [2.45, 2.75) is 6.18 Å². The summed E-state index contributed by atoms with van der Waals surface area (Å²) in [6.07, 6.45) is -4.50. The normalized spacial score (nSPS) is 11.1. The van der Waals surface area contributed by atoms with Crippen LogP contribution in [-0.2, 0) is 6.18 Å². The zero-order valence-electron chi connectivity index (χ0n) is 13.9. The molecule has 3 rings (SSSR count). The van der Waals surface area contributed by atoms with E-state index in [-0.39, 0.29) is 21.8 Å². The maximum absolute atomic E-state index is 13.5. The summed E-state index contributed by atoms with van der Waals surface area (Å²) in [7, 11) is 0. The van der Waals surface area contributed by atoms with E-state index >= 15 is 0 Å². The van der Waals surface area contributed by atoms with E-state index in [2.05, 4.69) is 15.8 Å². The molecule has 0 radical (unpaired) electrons. The monoisotopic (exact) mass is 409 g/mol. The van der Waals surface area contributed by atoms with Crippen molar-refractivity contribution < 1.29 is 27.2 Å². The van der Waals surface area contributed by atoms with E-state index in [0.29, 0.717) is 0 Å².